The topological polar surface area (TPSA) is 29.1 Å². The molecule has 1 amide bonds. The van der Waals surface area contributed by atoms with Crippen molar-refractivity contribution in [1.82, 2.24) is 5.32 Å². The fraction of sp³-hybridized carbons (Fsp3) is 0.125. The molecule has 0 spiro atoms. The first-order valence-corrected chi connectivity index (χ1v) is 10.8. The van der Waals surface area contributed by atoms with Crippen molar-refractivity contribution < 1.29 is 9.18 Å². The van der Waals surface area contributed by atoms with Crippen LogP contribution < -0.4 is 5.32 Å². The lowest BCUT2D eigenvalue weighted by molar-refractivity contribution is -0.115. The Kier molecular flexibility index (Phi) is 7.91. The van der Waals surface area contributed by atoms with Gasteiger partial charge in [0.15, 0.2) is 0 Å². The summed E-state index contributed by atoms with van der Waals surface area (Å²) in [6, 6.07) is 23.7. The highest BCUT2D eigenvalue weighted by atomic mass is 35.5. The number of carbonyl (C=O) groups excluding carboxylic acids is 1. The van der Waals surface area contributed by atoms with Crippen LogP contribution in [0.3, 0.4) is 0 Å². The summed E-state index contributed by atoms with van der Waals surface area (Å²) >= 11 is 7.85. The van der Waals surface area contributed by atoms with Crippen LogP contribution in [0.1, 0.15) is 16.7 Å². The zero-order chi connectivity index (χ0) is 20.5. The number of carbonyl (C=O) groups is 1. The second-order valence-corrected chi connectivity index (χ2v) is 7.86. The molecule has 1 N–H and O–H groups in total. The van der Waals surface area contributed by atoms with Gasteiger partial charge >= 0.3 is 0 Å². The van der Waals surface area contributed by atoms with Gasteiger partial charge in [0.05, 0.1) is 0 Å². The van der Waals surface area contributed by atoms with Crippen LogP contribution in [0.25, 0.3) is 11.6 Å². The molecule has 3 rings (SSSR count). The molecule has 29 heavy (non-hydrogen) atoms. The third kappa shape index (κ3) is 6.21. The minimum Gasteiger partial charge on any atom is -0.351 e. The molecule has 0 bridgehead atoms. The van der Waals surface area contributed by atoms with Crippen LogP contribution in [0.15, 0.2) is 78.9 Å². The Balaban J connectivity index is 1.63. The molecule has 0 unspecified atom stereocenters. The lowest BCUT2D eigenvalue weighted by Gasteiger charge is -2.10. The van der Waals surface area contributed by atoms with Gasteiger partial charge in [-0.1, -0.05) is 78.3 Å². The zero-order valence-electron chi connectivity index (χ0n) is 15.8. The summed E-state index contributed by atoms with van der Waals surface area (Å²) in [6.45, 7) is 0.491. The van der Waals surface area contributed by atoms with E-state index in [0.717, 1.165) is 11.1 Å². The predicted molar refractivity (Wildman–Crippen MR) is 121 cm³/mol. The standard InChI is InChI=1S/C24H21ClFNOS/c25-22-12-6-4-10-19(22)16-21(18-8-2-1-3-9-18)24(28)27-14-15-29-17-20-11-5-7-13-23(20)26/h1-13,16H,14-15,17H2,(H,27,28)/b21-16+. The van der Waals surface area contributed by atoms with E-state index in [0.29, 0.717) is 34.2 Å². The lowest BCUT2D eigenvalue weighted by atomic mass is 10.0. The van der Waals surface area contributed by atoms with Gasteiger partial charge in [-0.15, -0.1) is 0 Å². The summed E-state index contributed by atoms with van der Waals surface area (Å²) in [6.07, 6.45) is 1.81. The summed E-state index contributed by atoms with van der Waals surface area (Å²) in [7, 11) is 0. The third-order valence-corrected chi connectivity index (χ3v) is 5.63. The maximum atomic E-state index is 13.7. The quantitative estimate of drug-likeness (QED) is 0.269. The van der Waals surface area contributed by atoms with Gasteiger partial charge in [-0.2, -0.15) is 11.8 Å². The highest BCUT2D eigenvalue weighted by Gasteiger charge is 2.12. The van der Waals surface area contributed by atoms with Crippen molar-refractivity contribution in [3.63, 3.8) is 0 Å². The number of benzene rings is 3. The largest absolute Gasteiger partial charge is 0.351 e. The highest BCUT2D eigenvalue weighted by Crippen LogP contribution is 2.23. The Bertz CT molecular complexity index is 991. The van der Waals surface area contributed by atoms with Gasteiger partial charge in [-0.25, -0.2) is 4.39 Å². The Morgan fingerprint density at radius 3 is 2.41 bits per heavy atom. The number of rotatable bonds is 8. The van der Waals surface area contributed by atoms with Crippen LogP contribution in [-0.2, 0) is 10.5 Å². The fourth-order valence-electron chi connectivity index (χ4n) is 2.77. The number of amides is 1. The van der Waals surface area contributed by atoms with E-state index in [-0.39, 0.29) is 11.7 Å². The Morgan fingerprint density at radius 2 is 1.66 bits per heavy atom. The molecule has 2 nitrogen and oxygen atoms in total. The summed E-state index contributed by atoms with van der Waals surface area (Å²) in [5.74, 6) is 0.901. The van der Waals surface area contributed by atoms with Gasteiger partial charge in [0.25, 0.3) is 5.91 Å². The molecular formula is C24H21ClFNOS. The molecule has 5 heteroatoms. The molecule has 0 atom stereocenters. The summed E-state index contributed by atoms with van der Waals surface area (Å²) in [5.41, 5.74) is 2.84. The van der Waals surface area contributed by atoms with Crippen LogP contribution in [-0.4, -0.2) is 18.2 Å². The van der Waals surface area contributed by atoms with Crippen LogP contribution in [0.2, 0.25) is 5.02 Å². The van der Waals surface area contributed by atoms with E-state index in [9.17, 15) is 9.18 Å². The van der Waals surface area contributed by atoms with Gasteiger partial charge in [-0.05, 0) is 34.9 Å². The van der Waals surface area contributed by atoms with Crippen LogP contribution in [0, 0.1) is 5.82 Å². The summed E-state index contributed by atoms with van der Waals surface area (Å²) < 4.78 is 13.7. The Labute approximate surface area is 179 Å². The van der Waals surface area contributed by atoms with Crippen molar-refractivity contribution >= 4 is 40.9 Å². The smallest absolute Gasteiger partial charge is 0.251 e. The van der Waals surface area contributed by atoms with Crippen molar-refractivity contribution in [3.8, 4) is 0 Å². The summed E-state index contributed by atoms with van der Waals surface area (Å²) in [4.78, 5) is 12.9. The monoisotopic (exact) mass is 425 g/mol. The van der Waals surface area contributed by atoms with E-state index in [1.54, 1.807) is 36.0 Å². The molecule has 0 aromatic heterocycles. The number of halogens is 2. The minimum absolute atomic E-state index is 0.164. The second-order valence-electron chi connectivity index (χ2n) is 6.35. The molecular weight excluding hydrogens is 405 g/mol. The van der Waals surface area contributed by atoms with E-state index in [1.807, 2.05) is 54.6 Å². The molecule has 0 aliphatic rings. The predicted octanol–water partition coefficient (Wildman–Crippen LogP) is 6.07. The van der Waals surface area contributed by atoms with Gasteiger partial charge in [0, 0.05) is 28.6 Å². The number of thioether (sulfide) groups is 1. The second kappa shape index (κ2) is 10.8. The maximum absolute atomic E-state index is 13.7. The van der Waals surface area contributed by atoms with Crippen molar-refractivity contribution in [1.29, 1.82) is 0 Å². The van der Waals surface area contributed by atoms with Gasteiger partial charge < -0.3 is 5.32 Å². The average molecular weight is 426 g/mol. The first-order valence-electron chi connectivity index (χ1n) is 9.26. The fourth-order valence-corrected chi connectivity index (χ4v) is 3.81. The van der Waals surface area contributed by atoms with E-state index in [2.05, 4.69) is 5.32 Å². The van der Waals surface area contributed by atoms with E-state index in [1.165, 1.54) is 6.07 Å². The molecule has 148 valence electrons. The average Bonchev–Trinajstić information content (AvgIpc) is 2.74. The van der Waals surface area contributed by atoms with E-state index < -0.39 is 0 Å². The molecule has 0 saturated carbocycles. The third-order valence-electron chi connectivity index (χ3n) is 4.28. The van der Waals surface area contributed by atoms with Gasteiger partial charge in [0.1, 0.15) is 5.82 Å². The number of hydrogen-bond acceptors (Lipinski definition) is 2. The van der Waals surface area contributed by atoms with Crippen molar-refractivity contribution in [2.75, 3.05) is 12.3 Å². The van der Waals surface area contributed by atoms with E-state index >= 15 is 0 Å². The number of nitrogens with one attached hydrogen (secondary N) is 1. The molecule has 0 aliphatic carbocycles. The SMILES string of the molecule is O=C(NCCSCc1ccccc1F)/C(=C/c1ccccc1Cl)c1ccccc1. The molecule has 0 fully saturated rings. The molecule has 0 heterocycles. The minimum atomic E-state index is -0.196. The first-order chi connectivity index (χ1) is 14.1. The lowest BCUT2D eigenvalue weighted by Crippen LogP contribution is -2.26. The van der Waals surface area contributed by atoms with Crippen molar-refractivity contribution in [2.45, 2.75) is 5.75 Å². The van der Waals surface area contributed by atoms with E-state index in [4.69, 9.17) is 11.6 Å². The van der Waals surface area contributed by atoms with Crippen LogP contribution in [0.5, 0.6) is 0 Å². The zero-order valence-corrected chi connectivity index (χ0v) is 17.3. The Hall–Kier alpha value is -2.56. The van der Waals surface area contributed by atoms with Crippen molar-refractivity contribution in [3.05, 3.63) is 106 Å². The molecule has 3 aromatic rings. The molecule has 0 aliphatic heterocycles. The molecule has 0 saturated heterocycles. The van der Waals surface area contributed by atoms with Crippen molar-refractivity contribution in [2.24, 2.45) is 0 Å². The highest BCUT2D eigenvalue weighted by molar-refractivity contribution is 7.98. The summed E-state index contributed by atoms with van der Waals surface area (Å²) in [5, 5.41) is 3.55. The van der Waals surface area contributed by atoms with Crippen LogP contribution in [0.4, 0.5) is 4.39 Å². The molecule has 3 aromatic carbocycles. The maximum Gasteiger partial charge on any atom is 0.251 e. The Morgan fingerprint density at radius 1 is 0.966 bits per heavy atom. The first kappa shape index (κ1) is 21.2. The number of hydrogen-bond donors (Lipinski definition) is 1. The van der Waals surface area contributed by atoms with Crippen LogP contribution >= 0.6 is 23.4 Å². The molecule has 0 radical (unpaired) electrons. The normalized spacial score (nSPS) is 11.3. The van der Waals surface area contributed by atoms with Gasteiger partial charge in [-0.3, -0.25) is 4.79 Å². The van der Waals surface area contributed by atoms with Gasteiger partial charge in [0.2, 0.25) is 0 Å².